The van der Waals surface area contributed by atoms with Crippen molar-refractivity contribution in [1.82, 2.24) is 4.90 Å². The van der Waals surface area contributed by atoms with E-state index in [1.165, 1.54) is 24.3 Å². The second-order valence-corrected chi connectivity index (χ2v) is 4.65. The van der Waals surface area contributed by atoms with Gasteiger partial charge in [0.1, 0.15) is 0 Å². The molecule has 100 valence electrons. The van der Waals surface area contributed by atoms with E-state index in [9.17, 15) is 9.59 Å². The van der Waals surface area contributed by atoms with E-state index >= 15 is 0 Å². The number of rotatable bonds is 3. The topological polar surface area (TPSA) is 85.0 Å². The molecule has 2 rings (SSSR count). The first-order valence-electron chi connectivity index (χ1n) is 6.40. The van der Waals surface area contributed by atoms with Crippen molar-refractivity contribution >= 4 is 11.7 Å². The molecule has 1 heterocycles. The summed E-state index contributed by atoms with van der Waals surface area (Å²) in [6, 6.07) is 9.71. The Bertz CT molecular complexity index is 601. The van der Waals surface area contributed by atoms with Crippen LogP contribution in [0.4, 0.5) is 0 Å². The average molecular weight is 267 g/mol. The minimum atomic E-state index is -1.29. The first-order valence-corrected chi connectivity index (χ1v) is 6.40. The number of hydrogen-bond acceptors (Lipinski definition) is 4. The lowest BCUT2D eigenvalue weighted by atomic mass is 9.97. The highest BCUT2D eigenvalue weighted by Crippen LogP contribution is 2.16. The number of ketones is 1. The van der Waals surface area contributed by atoms with Gasteiger partial charge in [0.05, 0.1) is 17.7 Å². The Labute approximate surface area is 117 Å². The third-order valence-electron chi connectivity index (χ3n) is 3.35. The fraction of sp³-hybridized carbons (Fsp3) is 0.333. The first-order chi connectivity index (χ1) is 9.67. The lowest BCUT2D eigenvalue weighted by molar-refractivity contribution is -0.131. The number of nitrogens with zero attached hydrogens (tertiary/aromatic N) is 3. The Kier molecular flexibility index (Phi) is 4.12. The molecule has 0 spiro atoms. The van der Waals surface area contributed by atoms with Crippen molar-refractivity contribution in [3.05, 3.63) is 35.4 Å². The second kappa shape index (κ2) is 5.99. The molecule has 5 nitrogen and oxygen atoms in total. The maximum Gasteiger partial charge on any atom is 0.247 e. The van der Waals surface area contributed by atoms with Crippen molar-refractivity contribution in [2.24, 2.45) is 5.92 Å². The molecule has 0 aliphatic carbocycles. The van der Waals surface area contributed by atoms with E-state index in [1.807, 2.05) is 6.07 Å². The van der Waals surface area contributed by atoms with E-state index in [1.54, 1.807) is 11.0 Å². The van der Waals surface area contributed by atoms with Gasteiger partial charge in [-0.05, 0) is 25.0 Å². The number of Topliss-reactive ketones (excluding diaryl/α,β-unsaturated/α-hetero) is 1. The van der Waals surface area contributed by atoms with E-state index in [0.717, 1.165) is 12.8 Å². The fourth-order valence-electron chi connectivity index (χ4n) is 2.22. The SMILES string of the molecule is N#Cc1ccc(C(=O)[C@H](C#N)C(=O)N2CCCC2)cc1. The predicted molar refractivity (Wildman–Crippen MR) is 70.4 cm³/mol. The van der Waals surface area contributed by atoms with E-state index < -0.39 is 17.6 Å². The Hall–Kier alpha value is -2.66. The lowest BCUT2D eigenvalue weighted by Gasteiger charge is -2.17. The zero-order valence-corrected chi connectivity index (χ0v) is 10.9. The molecule has 0 saturated carbocycles. The third kappa shape index (κ3) is 2.67. The number of carbonyl (C=O) groups is 2. The van der Waals surface area contributed by atoms with Crippen LogP contribution in [0.25, 0.3) is 0 Å². The fourth-order valence-corrected chi connectivity index (χ4v) is 2.22. The zero-order valence-electron chi connectivity index (χ0n) is 10.9. The van der Waals surface area contributed by atoms with Crippen LogP contribution >= 0.6 is 0 Å². The van der Waals surface area contributed by atoms with Crippen LogP contribution in [0.5, 0.6) is 0 Å². The van der Waals surface area contributed by atoms with Gasteiger partial charge in [-0.25, -0.2) is 0 Å². The Morgan fingerprint density at radius 1 is 1.10 bits per heavy atom. The van der Waals surface area contributed by atoms with Gasteiger partial charge < -0.3 is 4.90 Å². The summed E-state index contributed by atoms with van der Waals surface area (Å²) in [6.07, 6.45) is 1.82. The van der Waals surface area contributed by atoms with Crippen molar-refractivity contribution in [1.29, 1.82) is 10.5 Å². The highest BCUT2D eigenvalue weighted by Gasteiger charge is 2.32. The minimum Gasteiger partial charge on any atom is -0.341 e. The van der Waals surface area contributed by atoms with Gasteiger partial charge in [0.2, 0.25) is 5.91 Å². The maximum atomic E-state index is 12.2. The molecule has 0 bridgehead atoms. The normalized spacial score (nSPS) is 15.2. The number of nitriles is 2. The van der Waals surface area contributed by atoms with Crippen molar-refractivity contribution < 1.29 is 9.59 Å². The minimum absolute atomic E-state index is 0.281. The number of benzene rings is 1. The summed E-state index contributed by atoms with van der Waals surface area (Å²) in [6.45, 7) is 1.22. The number of hydrogen-bond donors (Lipinski definition) is 0. The number of likely N-dealkylation sites (tertiary alicyclic amines) is 1. The summed E-state index contributed by atoms with van der Waals surface area (Å²) in [7, 11) is 0. The van der Waals surface area contributed by atoms with Crippen molar-refractivity contribution in [2.45, 2.75) is 12.8 Å². The molecule has 20 heavy (non-hydrogen) atoms. The van der Waals surface area contributed by atoms with Crippen LogP contribution in [0.3, 0.4) is 0 Å². The van der Waals surface area contributed by atoms with E-state index in [0.29, 0.717) is 18.7 Å². The van der Waals surface area contributed by atoms with Gasteiger partial charge in [0.25, 0.3) is 0 Å². The van der Waals surface area contributed by atoms with Crippen molar-refractivity contribution in [2.75, 3.05) is 13.1 Å². The summed E-state index contributed by atoms with van der Waals surface area (Å²) in [5.41, 5.74) is 0.712. The molecule has 1 aliphatic rings. The monoisotopic (exact) mass is 267 g/mol. The highest BCUT2D eigenvalue weighted by molar-refractivity contribution is 6.12. The second-order valence-electron chi connectivity index (χ2n) is 4.65. The van der Waals surface area contributed by atoms with Crippen LogP contribution in [0.2, 0.25) is 0 Å². The Morgan fingerprint density at radius 3 is 2.20 bits per heavy atom. The summed E-state index contributed by atoms with van der Waals surface area (Å²) in [4.78, 5) is 25.9. The standard InChI is InChI=1S/C15H13N3O2/c16-9-11-3-5-12(6-4-11)14(19)13(10-17)15(20)18-7-1-2-8-18/h3-6,13H,1-2,7-8H2/t13-/m0/s1. The molecule has 1 aliphatic heterocycles. The van der Waals surface area contributed by atoms with Crippen LogP contribution in [-0.4, -0.2) is 29.7 Å². The first kappa shape index (κ1) is 13.8. The van der Waals surface area contributed by atoms with Gasteiger partial charge in [-0.15, -0.1) is 0 Å². The molecule has 0 unspecified atom stereocenters. The van der Waals surface area contributed by atoms with Crippen LogP contribution < -0.4 is 0 Å². The van der Waals surface area contributed by atoms with Crippen LogP contribution in [0.1, 0.15) is 28.8 Å². The quantitative estimate of drug-likeness (QED) is 0.613. The van der Waals surface area contributed by atoms with Gasteiger partial charge >= 0.3 is 0 Å². The molecule has 0 aromatic heterocycles. The molecule has 0 radical (unpaired) electrons. The molecule has 1 amide bonds. The van der Waals surface area contributed by atoms with Crippen LogP contribution in [0, 0.1) is 28.6 Å². The Morgan fingerprint density at radius 2 is 1.70 bits per heavy atom. The molecule has 1 aromatic carbocycles. The molecule has 5 heteroatoms. The van der Waals surface area contributed by atoms with Gasteiger partial charge in [-0.2, -0.15) is 10.5 Å². The van der Waals surface area contributed by atoms with Crippen LogP contribution in [-0.2, 0) is 4.79 Å². The Balaban J connectivity index is 2.18. The van der Waals surface area contributed by atoms with E-state index in [-0.39, 0.29) is 5.56 Å². The summed E-state index contributed by atoms with van der Waals surface area (Å²) >= 11 is 0. The summed E-state index contributed by atoms with van der Waals surface area (Å²) < 4.78 is 0. The van der Waals surface area contributed by atoms with Gasteiger partial charge in [-0.1, -0.05) is 12.1 Å². The van der Waals surface area contributed by atoms with Gasteiger partial charge in [0.15, 0.2) is 11.7 Å². The molecular formula is C15H13N3O2. The molecule has 1 atom stereocenters. The highest BCUT2D eigenvalue weighted by atomic mass is 16.2. The van der Waals surface area contributed by atoms with Gasteiger partial charge in [0, 0.05) is 18.7 Å². The van der Waals surface area contributed by atoms with E-state index in [4.69, 9.17) is 10.5 Å². The van der Waals surface area contributed by atoms with Crippen molar-refractivity contribution in [3.8, 4) is 12.1 Å². The lowest BCUT2D eigenvalue weighted by Crippen LogP contribution is -2.37. The smallest absolute Gasteiger partial charge is 0.247 e. The number of amides is 1. The molecule has 1 aromatic rings. The molecular weight excluding hydrogens is 254 g/mol. The average Bonchev–Trinajstić information content (AvgIpc) is 3.02. The third-order valence-corrected chi connectivity index (χ3v) is 3.35. The summed E-state index contributed by atoms with van der Waals surface area (Å²) in [5.74, 6) is -2.21. The zero-order chi connectivity index (χ0) is 14.5. The summed E-state index contributed by atoms with van der Waals surface area (Å²) in [5, 5.41) is 17.8. The molecule has 1 fully saturated rings. The molecule has 0 N–H and O–H groups in total. The van der Waals surface area contributed by atoms with E-state index in [2.05, 4.69) is 0 Å². The maximum absolute atomic E-state index is 12.2. The van der Waals surface area contributed by atoms with Crippen molar-refractivity contribution in [3.63, 3.8) is 0 Å². The van der Waals surface area contributed by atoms with Crippen LogP contribution in [0.15, 0.2) is 24.3 Å². The van der Waals surface area contributed by atoms with Gasteiger partial charge in [-0.3, -0.25) is 9.59 Å². The largest absolute Gasteiger partial charge is 0.341 e. The number of carbonyl (C=O) groups excluding carboxylic acids is 2. The predicted octanol–water partition coefficient (Wildman–Crippen LogP) is 1.50. The molecule has 1 saturated heterocycles.